The Morgan fingerprint density at radius 2 is 2.16 bits per heavy atom. The van der Waals surface area contributed by atoms with Crippen LogP contribution in [0, 0.1) is 0 Å². The Kier molecular flexibility index (Phi) is 5.56. The lowest BCUT2D eigenvalue weighted by Crippen LogP contribution is -2.40. The Morgan fingerprint density at radius 3 is 2.63 bits per heavy atom. The van der Waals surface area contributed by atoms with Crippen LogP contribution >= 0.6 is 11.5 Å². The van der Waals surface area contributed by atoms with E-state index in [1.54, 1.807) is 7.05 Å². The molecule has 0 spiro atoms. The number of nitrogen functional groups attached to an aromatic ring is 1. The lowest BCUT2D eigenvalue weighted by atomic mass is 10.2. The molecule has 1 heterocycles. The van der Waals surface area contributed by atoms with Gasteiger partial charge in [-0.1, -0.05) is 0 Å². The fourth-order valence-electron chi connectivity index (χ4n) is 2.11. The van der Waals surface area contributed by atoms with Crippen molar-refractivity contribution in [3.8, 4) is 0 Å². The van der Waals surface area contributed by atoms with Crippen molar-refractivity contribution in [1.82, 2.24) is 14.6 Å². The second kappa shape index (κ2) is 6.72. The first-order valence-corrected chi connectivity index (χ1v) is 7.08. The van der Waals surface area contributed by atoms with Gasteiger partial charge in [0.25, 0.3) is 5.91 Å². The van der Waals surface area contributed by atoms with Gasteiger partial charge in [-0.15, -0.1) is 0 Å². The molecule has 6 nitrogen and oxygen atoms in total. The molecule has 0 fully saturated rings. The molecular weight excluding hydrogens is 262 g/mol. The number of rotatable bonds is 6. The number of nitrogens with one attached hydrogen (secondary N) is 1. The summed E-state index contributed by atoms with van der Waals surface area (Å²) in [6, 6.07) is 0.281. The van der Waals surface area contributed by atoms with Crippen LogP contribution in [-0.4, -0.2) is 55.5 Å². The van der Waals surface area contributed by atoms with Crippen molar-refractivity contribution in [1.29, 1.82) is 0 Å². The molecule has 1 rings (SSSR count). The lowest BCUT2D eigenvalue weighted by molar-refractivity contribution is 0.0964. The average Bonchev–Trinajstić information content (AvgIpc) is 2.70. The third-order valence-corrected chi connectivity index (χ3v) is 3.82. The molecule has 0 aliphatic carbocycles. The molecule has 1 aromatic rings. The lowest BCUT2D eigenvalue weighted by Gasteiger charge is -2.31. The largest absolute Gasteiger partial charge is 0.382 e. The first-order chi connectivity index (χ1) is 8.92. The number of amides is 1. The molecule has 19 heavy (non-hydrogen) atoms. The fourth-order valence-corrected chi connectivity index (χ4v) is 3.09. The Morgan fingerprint density at radius 1 is 1.53 bits per heavy atom. The van der Waals surface area contributed by atoms with Gasteiger partial charge in [0.15, 0.2) is 5.82 Å². The molecule has 1 aromatic heterocycles. The number of hydrogen-bond donors (Lipinski definition) is 2. The van der Waals surface area contributed by atoms with Gasteiger partial charge >= 0.3 is 0 Å². The summed E-state index contributed by atoms with van der Waals surface area (Å²) in [5.74, 6) is 0.117. The van der Waals surface area contributed by atoms with E-state index < -0.39 is 0 Å². The van der Waals surface area contributed by atoms with Crippen molar-refractivity contribution in [3.63, 3.8) is 0 Å². The smallest absolute Gasteiger partial charge is 0.257 e. The van der Waals surface area contributed by atoms with Gasteiger partial charge in [0.1, 0.15) is 10.6 Å². The van der Waals surface area contributed by atoms with Gasteiger partial charge < -0.3 is 20.9 Å². The number of anilines is 2. The topological polar surface area (TPSA) is 74.5 Å². The van der Waals surface area contributed by atoms with Crippen molar-refractivity contribution in [2.45, 2.75) is 19.9 Å². The van der Waals surface area contributed by atoms with E-state index in [0.717, 1.165) is 18.1 Å². The standard InChI is InChI=1S/C12H23N5OS/c1-6-17(8(2)7-16(4)5)12-9(11(18)14-3)10(13)15-19-12/h8H,6-7H2,1-5H3,(H2,13,15)(H,14,18). The summed E-state index contributed by atoms with van der Waals surface area (Å²) < 4.78 is 4.12. The molecule has 0 saturated heterocycles. The average molecular weight is 285 g/mol. The van der Waals surface area contributed by atoms with E-state index in [-0.39, 0.29) is 11.9 Å². The summed E-state index contributed by atoms with van der Waals surface area (Å²) in [7, 11) is 5.67. The highest BCUT2D eigenvalue weighted by atomic mass is 32.1. The van der Waals surface area contributed by atoms with Gasteiger partial charge in [-0.3, -0.25) is 4.79 Å². The van der Waals surface area contributed by atoms with Crippen molar-refractivity contribution < 1.29 is 4.79 Å². The third-order valence-electron chi connectivity index (χ3n) is 2.92. The van der Waals surface area contributed by atoms with Crippen LogP contribution in [-0.2, 0) is 0 Å². The second-order valence-electron chi connectivity index (χ2n) is 4.72. The van der Waals surface area contributed by atoms with E-state index in [1.165, 1.54) is 11.5 Å². The highest BCUT2D eigenvalue weighted by Crippen LogP contribution is 2.31. The number of nitrogens with two attached hydrogens (primary N) is 1. The Balaban J connectivity index is 3.08. The van der Waals surface area contributed by atoms with Gasteiger partial charge in [0.2, 0.25) is 0 Å². The molecule has 0 aliphatic rings. The highest BCUT2D eigenvalue weighted by Gasteiger charge is 2.25. The van der Waals surface area contributed by atoms with E-state index in [0.29, 0.717) is 11.4 Å². The van der Waals surface area contributed by atoms with Gasteiger partial charge in [0, 0.05) is 26.2 Å². The number of carbonyl (C=O) groups excluding carboxylic acids is 1. The molecular formula is C12H23N5OS. The minimum atomic E-state index is -0.184. The maximum absolute atomic E-state index is 11.9. The van der Waals surface area contributed by atoms with Gasteiger partial charge in [-0.25, -0.2) is 0 Å². The number of carbonyl (C=O) groups is 1. The van der Waals surface area contributed by atoms with Crippen LogP contribution in [0.3, 0.4) is 0 Å². The van der Waals surface area contributed by atoms with Crippen LogP contribution in [0.1, 0.15) is 24.2 Å². The van der Waals surface area contributed by atoms with E-state index in [2.05, 4.69) is 33.3 Å². The Bertz CT molecular complexity index is 432. The summed E-state index contributed by atoms with van der Waals surface area (Å²) >= 11 is 1.28. The number of nitrogens with zero attached hydrogens (tertiary/aromatic N) is 3. The first-order valence-electron chi connectivity index (χ1n) is 6.30. The van der Waals surface area contributed by atoms with Crippen molar-refractivity contribution in [2.75, 3.05) is 44.9 Å². The molecule has 1 atom stereocenters. The highest BCUT2D eigenvalue weighted by molar-refractivity contribution is 7.11. The summed E-state index contributed by atoms with van der Waals surface area (Å²) in [4.78, 5) is 16.2. The first kappa shape index (κ1) is 15.7. The maximum Gasteiger partial charge on any atom is 0.257 e. The van der Waals surface area contributed by atoms with Crippen LogP contribution in [0.4, 0.5) is 10.8 Å². The molecule has 108 valence electrons. The van der Waals surface area contributed by atoms with Crippen LogP contribution in [0.15, 0.2) is 0 Å². The molecule has 0 bridgehead atoms. The van der Waals surface area contributed by atoms with Crippen LogP contribution < -0.4 is 16.0 Å². The second-order valence-corrected chi connectivity index (χ2v) is 5.48. The predicted molar refractivity (Wildman–Crippen MR) is 81.0 cm³/mol. The summed E-state index contributed by atoms with van der Waals surface area (Å²) in [5, 5.41) is 3.46. The zero-order chi connectivity index (χ0) is 14.6. The SMILES string of the molecule is CCN(c1snc(N)c1C(=O)NC)C(C)CN(C)C. The third kappa shape index (κ3) is 3.57. The number of hydrogen-bond acceptors (Lipinski definition) is 6. The predicted octanol–water partition coefficient (Wildman–Crippen LogP) is 0.861. The maximum atomic E-state index is 11.9. The normalized spacial score (nSPS) is 12.5. The van der Waals surface area contributed by atoms with Gasteiger partial charge in [-0.05, 0) is 39.5 Å². The van der Waals surface area contributed by atoms with Gasteiger partial charge in [-0.2, -0.15) is 4.37 Å². The van der Waals surface area contributed by atoms with E-state index in [4.69, 9.17) is 5.73 Å². The molecule has 7 heteroatoms. The minimum Gasteiger partial charge on any atom is -0.382 e. The zero-order valence-corrected chi connectivity index (χ0v) is 13.0. The van der Waals surface area contributed by atoms with Gasteiger partial charge in [0.05, 0.1) is 0 Å². The summed E-state index contributed by atoms with van der Waals surface area (Å²) in [6.07, 6.45) is 0. The van der Waals surface area contributed by atoms with Crippen LogP contribution in [0.2, 0.25) is 0 Å². The van der Waals surface area contributed by atoms with Crippen LogP contribution in [0.25, 0.3) is 0 Å². The molecule has 0 aliphatic heterocycles. The molecule has 0 radical (unpaired) electrons. The quantitative estimate of drug-likeness (QED) is 0.811. The molecule has 1 unspecified atom stereocenters. The van der Waals surface area contributed by atoms with Crippen molar-refractivity contribution in [2.24, 2.45) is 0 Å². The minimum absolute atomic E-state index is 0.184. The van der Waals surface area contributed by atoms with E-state index >= 15 is 0 Å². The Labute approximate surface area is 118 Å². The monoisotopic (exact) mass is 285 g/mol. The van der Waals surface area contributed by atoms with Crippen molar-refractivity contribution >= 4 is 28.3 Å². The molecule has 0 aromatic carbocycles. The van der Waals surface area contributed by atoms with E-state index in [1.807, 2.05) is 14.1 Å². The fraction of sp³-hybridized carbons (Fsp3) is 0.667. The Hall–Kier alpha value is -1.34. The summed E-state index contributed by atoms with van der Waals surface area (Å²) in [5.41, 5.74) is 6.30. The molecule has 1 amide bonds. The molecule has 0 saturated carbocycles. The number of aromatic nitrogens is 1. The zero-order valence-electron chi connectivity index (χ0n) is 12.2. The summed E-state index contributed by atoms with van der Waals surface area (Å²) in [6.45, 7) is 5.90. The molecule has 3 N–H and O–H groups in total. The van der Waals surface area contributed by atoms with Crippen LogP contribution in [0.5, 0.6) is 0 Å². The van der Waals surface area contributed by atoms with E-state index in [9.17, 15) is 4.79 Å². The van der Waals surface area contributed by atoms with Crippen molar-refractivity contribution in [3.05, 3.63) is 5.56 Å². The number of likely N-dealkylation sites (N-methyl/N-ethyl adjacent to an activating group) is 2.